The lowest BCUT2D eigenvalue weighted by Crippen LogP contribution is -2.52. The smallest absolute Gasteiger partial charge is 0.243 e. The molecule has 3 aliphatic heterocycles. The van der Waals surface area contributed by atoms with Gasteiger partial charge in [-0.3, -0.25) is 19.8 Å². The molecule has 4 aliphatic rings. The number of hydrogen-bond donors (Lipinski definition) is 2. The molecule has 2 bridgehead atoms. The van der Waals surface area contributed by atoms with E-state index in [0.717, 1.165) is 30.6 Å². The quantitative estimate of drug-likeness (QED) is 0.782. The molecule has 2 N–H and O–H groups in total. The van der Waals surface area contributed by atoms with Crippen LogP contribution in [0.25, 0.3) is 0 Å². The fourth-order valence-electron chi connectivity index (χ4n) is 5.36. The van der Waals surface area contributed by atoms with Crippen molar-refractivity contribution in [3.63, 3.8) is 0 Å². The molecule has 7 heteroatoms. The summed E-state index contributed by atoms with van der Waals surface area (Å²) in [5.41, 5.74) is 2.18. The number of piperidine rings is 3. The Morgan fingerprint density at radius 3 is 2.58 bits per heavy atom. The van der Waals surface area contributed by atoms with E-state index in [1.165, 1.54) is 6.07 Å². The third-order valence-electron chi connectivity index (χ3n) is 6.61. The van der Waals surface area contributed by atoms with Gasteiger partial charge >= 0.3 is 0 Å². The summed E-state index contributed by atoms with van der Waals surface area (Å²) in [7, 11) is 0. The van der Waals surface area contributed by atoms with Crippen molar-refractivity contribution in [2.75, 3.05) is 13.1 Å². The van der Waals surface area contributed by atoms with Crippen molar-refractivity contribution < 1.29 is 18.4 Å². The molecule has 3 atom stereocenters. The van der Waals surface area contributed by atoms with E-state index in [1.54, 1.807) is 0 Å². The first-order valence-electron chi connectivity index (χ1n) is 9.31. The Hall–Kier alpha value is -1.86. The van der Waals surface area contributed by atoms with Crippen LogP contribution in [-0.4, -0.2) is 35.8 Å². The van der Waals surface area contributed by atoms with E-state index in [-0.39, 0.29) is 17.7 Å². The minimum Gasteiger partial charge on any atom is -0.316 e. The molecule has 3 heterocycles. The number of fused-ring (bicyclic) bond motifs is 3. The van der Waals surface area contributed by atoms with E-state index in [4.69, 9.17) is 0 Å². The van der Waals surface area contributed by atoms with Gasteiger partial charge in [-0.05, 0) is 66.4 Å². The van der Waals surface area contributed by atoms with Crippen LogP contribution in [0, 0.1) is 23.5 Å². The molecule has 5 rings (SSSR count). The Labute approximate surface area is 150 Å². The van der Waals surface area contributed by atoms with E-state index >= 15 is 0 Å². The number of imide groups is 1. The van der Waals surface area contributed by atoms with E-state index in [1.807, 2.05) is 4.90 Å². The van der Waals surface area contributed by atoms with E-state index in [9.17, 15) is 18.4 Å². The number of nitrogens with zero attached hydrogens (tertiary/aromatic N) is 1. The SMILES string of the molecule is O=C1CCC(N2Cc3cc(F)c(F)c(C4C5CNCC4C5)c3C2)C(=O)N1. The standard InChI is InChI=1S/C19H21F2N3O2/c20-13-4-11-7-24(14-1-2-15(25)23-19(14)26)8-12(11)17(18(13)21)16-9-3-10(16)6-22-5-9/h4,9-10,14,16,22H,1-3,5-8H2,(H,23,25,26). The molecule has 26 heavy (non-hydrogen) atoms. The van der Waals surface area contributed by atoms with E-state index < -0.39 is 17.7 Å². The van der Waals surface area contributed by atoms with Gasteiger partial charge in [0.2, 0.25) is 11.8 Å². The Bertz CT molecular complexity index is 798. The van der Waals surface area contributed by atoms with Crippen LogP contribution in [0.2, 0.25) is 0 Å². The van der Waals surface area contributed by atoms with Crippen LogP contribution < -0.4 is 10.6 Å². The molecule has 0 spiro atoms. The normalized spacial score (nSPS) is 33.6. The fourth-order valence-corrected chi connectivity index (χ4v) is 5.36. The van der Waals surface area contributed by atoms with Crippen LogP contribution in [0.15, 0.2) is 6.07 Å². The number of amides is 2. The molecule has 138 valence electrons. The first-order valence-corrected chi connectivity index (χ1v) is 9.31. The summed E-state index contributed by atoms with van der Waals surface area (Å²) in [5, 5.41) is 5.72. The maximum Gasteiger partial charge on any atom is 0.243 e. The largest absolute Gasteiger partial charge is 0.316 e. The van der Waals surface area contributed by atoms with Gasteiger partial charge in [-0.25, -0.2) is 8.78 Å². The van der Waals surface area contributed by atoms with Crippen molar-refractivity contribution in [1.29, 1.82) is 0 Å². The molecule has 5 nitrogen and oxygen atoms in total. The summed E-state index contributed by atoms with van der Waals surface area (Å²) in [6.45, 7) is 2.56. The molecular weight excluding hydrogens is 340 g/mol. The first-order chi connectivity index (χ1) is 12.5. The first kappa shape index (κ1) is 16.3. The van der Waals surface area contributed by atoms with Crippen LogP contribution in [0.1, 0.15) is 41.9 Å². The monoisotopic (exact) mass is 361 g/mol. The predicted molar refractivity (Wildman–Crippen MR) is 89.0 cm³/mol. The number of carbonyl (C=O) groups excluding carboxylic acids is 2. The van der Waals surface area contributed by atoms with Crippen molar-refractivity contribution >= 4 is 11.8 Å². The van der Waals surface area contributed by atoms with Gasteiger partial charge in [-0.1, -0.05) is 0 Å². The molecule has 3 unspecified atom stereocenters. The number of carbonyl (C=O) groups is 2. The average molecular weight is 361 g/mol. The highest BCUT2D eigenvalue weighted by Crippen LogP contribution is 2.52. The summed E-state index contributed by atoms with van der Waals surface area (Å²) < 4.78 is 29.1. The summed E-state index contributed by atoms with van der Waals surface area (Å²) in [5.74, 6) is -1.27. The van der Waals surface area contributed by atoms with Crippen molar-refractivity contribution in [2.24, 2.45) is 11.8 Å². The maximum absolute atomic E-state index is 14.8. The van der Waals surface area contributed by atoms with E-state index in [0.29, 0.717) is 43.3 Å². The fraction of sp³-hybridized carbons (Fsp3) is 0.579. The van der Waals surface area contributed by atoms with Crippen molar-refractivity contribution in [3.05, 3.63) is 34.4 Å². The Balaban J connectivity index is 1.48. The highest BCUT2D eigenvalue weighted by atomic mass is 19.2. The second kappa shape index (κ2) is 5.82. The van der Waals surface area contributed by atoms with Crippen LogP contribution in [0.4, 0.5) is 8.78 Å². The molecule has 1 saturated carbocycles. The Kier molecular flexibility index (Phi) is 3.66. The molecule has 1 aromatic carbocycles. The summed E-state index contributed by atoms with van der Waals surface area (Å²) in [6, 6.07) is 0.869. The van der Waals surface area contributed by atoms with Crippen LogP contribution in [0.5, 0.6) is 0 Å². The number of benzene rings is 1. The van der Waals surface area contributed by atoms with Crippen LogP contribution >= 0.6 is 0 Å². The molecule has 1 aliphatic carbocycles. The third kappa shape index (κ3) is 2.33. The van der Waals surface area contributed by atoms with Crippen molar-refractivity contribution in [1.82, 2.24) is 15.5 Å². The zero-order chi connectivity index (χ0) is 18.0. The van der Waals surface area contributed by atoms with E-state index in [2.05, 4.69) is 10.6 Å². The average Bonchev–Trinajstić information content (AvgIpc) is 3.02. The Morgan fingerprint density at radius 1 is 1.12 bits per heavy atom. The molecule has 1 aromatic rings. The summed E-state index contributed by atoms with van der Waals surface area (Å²) >= 11 is 0. The molecule has 0 aromatic heterocycles. The van der Waals surface area contributed by atoms with Gasteiger partial charge in [0.05, 0.1) is 6.04 Å². The van der Waals surface area contributed by atoms with Gasteiger partial charge < -0.3 is 5.32 Å². The topological polar surface area (TPSA) is 61.4 Å². The molecule has 0 radical (unpaired) electrons. The third-order valence-corrected chi connectivity index (χ3v) is 6.61. The zero-order valence-corrected chi connectivity index (χ0v) is 14.4. The molecule has 2 saturated heterocycles. The lowest BCUT2D eigenvalue weighted by molar-refractivity contribution is -0.137. The number of rotatable bonds is 2. The number of hydrogen-bond acceptors (Lipinski definition) is 4. The summed E-state index contributed by atoms with van der Waals surface area (Å²) in [6.07, 6.45) is 1.83. The highest BCUT2D eigenvalue weighted by Gasteiger charge is 2.48. The van der Waals surface area contributed by atoms with Crippen LogP contribution in [0.3, 0.4) is 0 Å². The summed E-state index contributed by atoms with van der Waals surface area (Å²) in [4.78, 5) is 25.5. The van der Waals surface area contributed by atoms with Gasteiger partial charge in [0, 0.05) is 19.5 Å². The highest BCUT2D eigenvalue weighted by molar-refractivity contribution is 6.00. The van der Waals surface area contributed by atoms with Gasteiger partial charge in [0.1, 0.15) is 0 Å². The van der Waals surface area contributed by atoms with Crippen LogP contribution in [-0.2, 0) is 22.7 Å². The molecule has 2 amide bonds. The molecule has 3 fully saturated rings. The maximum atomic E-state index is 14.8. The lowest BCUT2D eigenvalue weighted by Gasteiger charge is -2.50. The minimum absolute atomic E-state index is 0.0717. The van der Waals surface area contributed by atoms with Gasteiger partial charge in [0.25, 0.3) is 0 Å². The number of halogens is 2. The Morgan fingerprint density at radius 2 is 1.88 bits per heavy atom. The minimum atomic E-state index is -0.790. The molecular formula is C19H21F2N3O2. The second-order valence-corrected chi connectivity index (χ2v) is 8.04. The van der Waals surface area contributed by atoms with Gasteiger partial charge in [-0.15, -0.1) is 0 Å². The second-order valence-electron chi connectivity index (χ2n) is 8.04. The zero-order valence-electron chi connectivity index (χ0n) is 14.4. The predicted octanol–water partition coefficient (Wildman–Crippen LogP) is 1.41. The van der Waals surface area contributed by atoms with Crippen molar-refractivity contribution in [2.45, 2.75) is 44.3 Å². The lowest BCUT2D eigenvalue weighted by atomic mass is 9.59. The number of nitrogens with one attached hydrogen (secondary N) is 2. The van der Waals surface area contributed by atoms with Crippen molar-refractivity contribution in [3.8, 4) is 0 Å². The van der Waals surface area contributed by atoms with Gasteiger partial charge in [0.15, 0.2) is 11.6 Å². The van der Waals surface area contributed by atoms with Gasteiger partial charge in [-0.2, -0.15) is 0 Å².